The first kappa shape index (κ1) is 34.6. The van der Waals surface area contributed by atoms with Crippen LogP contribution in [0.2, 0.25) is 0 Å². The molecule has 0 atom stereocenters. The zero-order valence-corrected chi connectivity index (χ0v) is 25.8. The molecule has 0 aliphatic carbocycles. The monoisotopic (exact) mass is 630 g/mol. The van der Waals surface area contributed by atoms with Crippen LogP contribution in [0.4, 0.5) is 5.69 Å². The summed E-state index contributed by atoms with van der Waals surface area (Å²) in [5.74, 6) is 0.465. The highest BCUT2D eigenvalue weighted by molar-refractivity contribution is 7.92. The van der Waals surface area contributed by atoms with Gasteiger partial charge in [0.1, 0.15) is 23.0 Å². The van der Waals surface area contributed by atoms with Gasteiger partial charge < -0.3 is 20.1 Å². The fraction of sp³-hybridized carbons (Fsp3) is 0.167. The van der Waals surface area contributed by atoms with Crippen molar-refractivity contribution in [2.24, 2.45) is 0 Å². The number of sulfonamides is 2. The SMILES string of the molecule is CC(=O)Oc1ccc(O)c(C)c1.CNS(=O)(=O)c1ccc(O)c(C)c1.Cc1cc(S(=O)(=O)Nc2ccccc2)ccc1O. The van der Waals surface area contributed by atoms with Gasteiger partial charge in [0.2, 0.25) is 10.0 Å². The highest BCUT2D eigenvalue weighted by atomic mass is 32.2. The fourth-order valence-electron chi connectivity index (χ4n) is 3.29. The van der Waals surface area contributed by atoms with E-state index in [9.17, 15) is 26.7 Å². The normalized spacial score (nSPS) is 10.8. The van der Waals surface area contributed by atoms with Gasteiger partial charge in [0.15, 0.2) is 0 Å². The molecule has 43 heavy (non-hydrogen) atoms. The minimum atomic E-state index is -3.61. The van der Waals surface area contributed by atoms with E-state index >= 15 is 0 Å². The third-order valence-corrected chi connectivity index (χ3v) is 8.47. The van der Waals surface area contributed by atoms with E-state index in [-0.39, 0.29) is 33.0 Å². The van der Waals surface area contributed by atoms with Crippen LogP contribution in [-0.2, 0) is 24.8 Å². The minimum absolute atomic E-state index is 0.0775. The number of hydrogen-bond donors (Lipinski definition) is 5. The summed E-state index contributed by atoms with van der Waals surface area (Å²) in [5.41, 5.74) is 2.25. The van der Waals surface area contributed by atoms with Crippen molar-refractivity contribution in [3.63, 3.8) is 0 Å². The van der Waals surface area contributed by atoms with E-state index in [1.165, 1.54) is 56.4 Å². The quantitative estimate of drug-likeness (QED) is 0.149. The number of aromatic hydroxyl groups is 3. The van der Waals surface area contributed by atoms with Crippen molar-refractivity contribution >= 4 is 31.7 Å². The number of benzene rings is 4. The average molecular weight is 631 g/mol. The van der Waals surface area contributed by atoms with Crippen molar-refractivity contribution in [3.8, 4) is 23.0 Å². The van der Waals surface area contributed by atoms with E-state index in [0.717, 1.165) is 0 Å². The summed E-state index contributed by atoms with van der Waals surface area (Å²) in [7, 11) is -5.67. The van der Waals surface area contributed by atoms with Gasteiger partial charge >= 0.3 is 5.97 Å². The van der Waals surface area contributed by atoms with Crippen LogP contribution >= 0.6 is 0 Å². The largest absolute Gasteiger partial charge is 0.508 e. The molecule has 0 radical (unpaired) electrons. The standard InChI is InChI=1S/C13H13NO3S.C9H10O3.C8H11NO3S/c1-10-9-12(7-8-13(10)15)18(16,17)14-11-5-3-2-4-6-11;1-6-5-8(12-7(2)10)3-4-9(6)11;1-6-5-7(3-4-8(6)10)13(11,12)9-2/h2-9,14-15H,1H3;3-5,11H,1-2H3;3-5,9-10H,1-2H3. The Kier molecular flexibility index (Phi) is 12.1. The molecule has 4 rings (SSSR count). The fourth-order valence-corrected chi connectivity index (χ4v) is 5.24. The smallest absolute Gasteiger partial charge is 0.308 e. The lowest BCUT2D eigenvalue weighted by atomic mass is 10.2. The number of phenolic OH excluding ortho intramolecular Hbond substituents is 3. The molecule has 0 bridgehead atoms. The second-order valence-electron chi connectivity index (χ2n) is 9.12. The summed E-state index contributed by atoms with van der Waals surface area (Å²) in [4.78, 5) is 10.8. The molecule has 0 amide bonds. The highest BCUT2D eigenvalue weighted by Crippen LogP contribution is 2.23. The Balaban J connectivity index is 0.000000232. The van der Waals surface area contributed by atoms with Gasteiger partial charge in [-0.1, -0.05) is 18.2 Å². The minimum Gasteiger partial charge on any atom is -0.508 e. The lowest BCUT2D eigenvalue weighted by Gasteiger charge is -2.09. The van der Waals surface area contributed by atoms with E-state index in [1.54, 1.807) is 57.2 Å². The summed E-state index contributed by atoms with van der Waals surface area (Å²) in [6.45, 7) is 6.37. The topological polar surface area (TPSA) is 179 Å². The predicted molar refractivity (Wildman–Crippen MR) is 163 cm³/mol. The van der Waals surface area contributed by atoms with Crippen LogP contribution in [0.15, 0.2) is 94.7 Å². The number of para-hydroxylation sites is 1. The van der Waals surface area contributed by atoms with Crippen LogP contribution in [0.1, 0.15) is 23.6 Å². The lowest BCUT2D eigenvalue weighted by molar-refractivity contribution is -0.131. The van der Waals surface area contributed by atoms with E-state index in [1.807, 2.05) is 6.07 Å². The third kappa shape index (κ3) is 10.6. The van der Waals surface area contributed by atoms with Crippen LogP contribution in [-0.4, -0.2) is 45.2 Å². The van der Waals surface area contributed by atoms with Gasteiger partial charge in [-0.15, -0.1) is 0 Å². The molecule has 0 spiro atoms. The molecule has 0 aliphatic heterocycles. The second kappa shape index (κ2) is 15.0. The van der Waals surface area contributed by atoms with Crippen molar-refractivity contribution in [2.75, 3.05) is 11.8 Å². The molecule has 11 nitrogen and oxygen atoms in total. The Morgan fingerprint density at radius 2 is 1.09 bits per heavy atom. The van der Waals surface area contributed by atoms with Gasteiger partial charge in [-0.25, -0.2) is 21.6 Å². The number of esters is 1. The van der Waals surface area contributed by atoms with E-state index in [0.29, 0.717) is 28.1 Å². The Morgan fingerprint density at radius 1 is 0.651 bits per heavy atom. The molecule has 4 aromatic rings. The maximum absolute atomic E-state index is 12.1. The van der Waals surface area contributed by atoms with Crippen molar-refractivity contribution in [1.82, 2.24) is 4.72 Å². The Hall–Kier alpha value is -4.59. The summed E-state index contributed by atoms with van der Waals surface area (Å²) in [6.07, 6.45) is 0. The van der Waals surface area contributed by atoms with Crippen LogP contribution < -0.4 is 14.2 Å². The van der Waals surface area contributed by atoms with Crippen LogP contribution in [0, 0.1) is 20.8 Å². The van der Waals surface area contributed by atoms with E-state index in [4.69, 9.17) is 14.9 Å². The number of rotatable bonds is 6. The number of phenols is 3. The number of aryl methyl sites for hydroxylation is 3. The summed E-state index contributed by atoms with van der Waals surface area (Å²) >= 11 is 0. The van der Waals surface area contributed by atoms with Crippen LogP contribution in [0.3, 0.4) is 0 Å². The van der Waals surface area contributed by atoms with Crippen LogP contribution in [0.25, 0.3) is 0 Å². The number of carbonyl (C=O) groups is 1. The van der Waals surface area contributed by atoms with Gasteiger partial charge in [-0.2, -0.15) is 0 Å². The lowest BCUT2D eigenvalue weighted by Crippen LogP contribution is -2.18. The molecule has 4 aromatic carbocycles. The first-order valence-electron chi connectivity index (χ1n) is 12.6. The number of anilines is 1. The molecular weight excluding hydrogens is 596 g/mol. The van der Waals surface area contributed by atoms with E-state index in [2.05, 4.69) is 9.44 Å². The van der Waals surface area contributed by atoms with Crippen molar-refractivity contribution < 1.29 is 41.7 Å². The summed E-state index contributed by atoms with van der Waals surface area (Å²) in [6, 6.07) is 21.6. The maximum Gasteiger partial charge on any atom is 0.308 e. The first-order chi connectivity index (χ1) is 20.1. The number of nitrogens with one attached hydrogen (secondary N) is 2. The Morgan fingerprint density at radius 3 is 1.51 bits per heavy atom. The van der Waals surface area contributed by atoms with Crippen molar-refractivity contribution in [2.45, 2.75) is 37.5 Å². The second-order valence-corrected chi connectivity index (χ2v) is 12.7. The molecular formula is C30H34N2O9S2. The van der Waals surface area contributed by atoms with Crippen molar-refractivity contribution in [1.29, 1.82) is 0 Å². The van der Waals surface area contributed by atoms with Gasteiger partial charge in [0.25, 0.3) is 10.0 Å². The van der Waals surface area contributed by atoms with Gasteiger partial charge in [-0.3, -0.25) is 9.52 Å². The molecule has 13 heteroatoms. The summed E-state index contributed by atoms with van der Waals surface area (Å²) < 4.78 is 56.2. The number of ether oxygens (including phenoxy) is 1. The van der Waals surface area contributed by atoms with Gasteiger partial charge in [-0.05, 0) is 111 Å². The zero-order chi connectivity index (χ0) is 32.4. The maximum atomic E-state index is 12.1. The molecule has 230 valence electrons. The zero-order valence-electron chi connectivity index (χ0n) is 24.2. The molecule has 5 N–H and O–H groups in total. The van der Waals surface area contributed by atoms with E-state index < -0.39 is 20.0 Å². The molecule has 0 fully saturated rings. The third-order valence-electron chi connectivity index (χ3n) is 5.68. The molecule has 0 saturated heterocycles. The molecule has 0 aromatic heterocycles. The number of hydrogen-bond acceptors (Lipinski definition) is 9. The highest BCUT2D eigenvalue weighted by Gasteiger charge is 2.15. The predicted octanol–water partition coefficient (Wildman–Crippen LogP) is 4.74. The number of carbonyl (C=O) groups excluding carboxylic acids is 1. The molecule has 0 saturated carbocycles. The Labute approximate surface area is 251 Å². The van der Waals surface area contributed by atoms with Gasteiger partial charge in [0, 0.05) is 12.6 Å². The molecule has 0 heterocycles. The van der Waals surface area contributed by atoms with Crippen LogP contribution in [0.5, 0.6) is 23.0 Å². The van der Waals surface area contributed by atoms with Gasteiger partial charge in [0.05, 0.1) is 9.79 Å². The Bertz CT molecular complexity index is 1780. The summed E-state index contributed by atoms with van der Waals surface area (Å²) in [5, 5.41) is 27.7. The van der Waals surface area contributed by atoms with Crippen molar-refractivity contribution in [3.05, 3.63) is 102 Å². The first-order valence-corrected chi connectivity index (χ1v) is 15.6. The average Bonchev–Trinajstić information content (AvgIpc) is 2.94. The molecule has 0 aliphatic rings. The molecule has 0 unspecified atom stereocenters.